The Bertz CT molecular complexity index is 968. The topological polar surface area (TPSA) is 120 Å². The van der Waals surface area contributed by atoms with Gasteiger partial charge in [-0.05, 0) is 36.4 Å². The van der Waals surface area contributed by atoms with Crippen LogP contribution in [0.25, 0.3) is 0 Å². The van der Waals surface area contributed by atoms with Gasteiger partial charge in [0, 0.05) is 40.3 Å². The molecule has 0 aliphatic carbocycles. The number of carbonyl (C=O) groups is 1. The van der Waals surface area contributed by atoms with Gasteiger partial charge in [0.05, 0.1) is 14.2 Å². The minimum Gasteiger partial charge on any atom is -0.496 e. The van der Waals surface area contributed by atoms with Gasteiger partial charge in [0.2, 0.25) is 5.60 Å². The fourth-order valence-electron chi connectivity index (χ4n) is 3.15. The summed E-state index contributed by atoms with van der Waals surface area (Å²) in [6.07, 6.45) is 0. The third-order valence-electron chi connectivity index (χ3n) is 4.59. The van der Waals surface area contributed by atoms with Gasteiger partial charge < -0.3 is 31.4 Å². The SMILES string of the molecule is COc1cc(N)ccc1C(O)(C(=O)Nc1ccccc1)c1ccc(N)cc1OC. The van der Waals surface area contributed by atoms with Crippen LogP contribution in [0.4, 0.5) is 17.1 Å². The molecule has 0 aliphatic rings. The van der Waals surface area contributed by atoms with Crippen molar-refractivity contribution in [2.45, 2.75) is 5.60 Å². The summed E-state index contributed by atoms with van der Waals surface area (Å²) in [5, 5.41) is 14.6. The van der Waals surface area contributed by atoms with Crippen LogP contribution in [0.3, 0.4) is 0 Å². The molecule has 0 unspecified atom stereocenters. The van der Waals surface area contributed by atoms with Crippen molar-refractivity contribution in [2.24, 2.45) is 0 Å². The van der Waals surface area contributed by atoms with Crippen LogP contribution in [0.2, 0.25) is 0 Å². The van der Waals surface area contributed by atoms with Crippen molar-refractivity contribution in [2.75, 3.05) is 31.0 Å². The van der Waals surface area contributed by atoms with Gasteiger partial charge in [0.25, 0.3) is 5.91 Å². The van der Waals surface area contributed by atoms with Gasteiger partial charge in [-0.2, -0.15) is 0 Å². The number of para-hydroxylation sites is 1. The normalized spacial score (nSPS) is 11.0. The molecule has 3 aromatic rings. The van der Waals surface area contributed by atoms with Crippen LogP contribution in [0, 0.1) is 0 Å². The zero-order valence-corrected chi connectivity index (χ0v) is 16.2. The van der Waals surface area contributed by atoms with E-state index in [9.17, 15) is 9.90 Å². The van der Waals surface area contributed by atoms with Crippen LogP contribution in [0.15, 0.2) is 66.7 Å². The van der Waals surface area contributed by atoms with Crippen LogP contribution in [0.1, 0.15) is 11.1 Å². The Hall–Kier alpha value is -3.71. The second kappa shape index (κ2) is 8.12. The summed E-state index contributed by atoms with van der Waals surface area (Å²) in [7, 11) is 2.88. The lowest BCUT2D eigenvalue weighted by atomic mass is 9.83. The van der Waals surface area contributed by atoms with Crippen molar-refractivity contribution < 1.29 is 19.4 Å². The van der Waals surface area contributed by atoms with Gasteiger partial charge in [-0.25, -0.2) is 0 Å². The Morgan fingerprint density at radius 2 is 1.34 bits per heavy atom. The van der Waals surface area contributed by atoms with E-state index < -0.39 is 11.5 Å². The van der Waals surface area contributed by atoms with E-state index in [0.717, 1.165) is 0 Å². The second-order valence-electron chi connectivity index (χ2n) is 6.45. The predicted octanol–water partition coefficient (Wildman–Crippen LogP) is 2.74. The number of hydrogen-bond donors (Lipinski definition) is 4. The molecule has 3 aromatic carbocycles. The first-order chi connectivity index (χ1) is 13.9. The van der Waals surface area contributed by atoms with Gasteiger partial charge in [-0.3, -0.25) is 4.79 Å². The molecule has 0 saturated carbocycles. The van der Waals surface area contributed by atoms with E-state index in [1.165, 1.54) is 14.2 Å². The first kappa shape index (κ1) is 20.0. The Balaban J connectivity index is 2.23. The minimum atomic E-state index is -2.14. The Kier molecular flexibility index (Phi) is 5.61. The largest absolute Gasteiger partial charge is 0.496 e. The number of amides is 1. The fraction of sp³-hybridized carbons (Fsp3) is 0.136. The van der Waals surface area contributed by atoms with Gasteiger partial charge >= 0.3 is 0 Å². The zero-order valence-electron chi connectivity index (χ0n) is 16.2. The van der Waals surface area contributed by atoms with Crippen LogP contribution in [-0.4, -0.2) is 25.2 Å². The standard InChI is InChI=1S/C22H23N3O4/c1-28-19-12-14(23)8-10-17(19)22(27,18-11-9-15(24)13-20(18)29-2)21(26)25-16-6-4-3-5-7-16/h3-13,27H,23-24H2,1-2H3,(H,25,26). The highest BCUT2D eigenvalue weighted by atomic mass is 16.5. The third kappa shape index (κ3) is 3.81. The first-order valence-corrected chi connectivity index (χ1v) is 8.87. The lowest BCUT2D eigenvalue weighted by molar-refractivity contribution is -0.131. The molecule has 0 atom stereocenters. The lowest BCUT2D eigenvalue weighted by Gasteiger charge is -2.30. The van der Waals surface area contributed by atoms with Crippen LogP contribution >= 0.6 is 0 Å². The minimum absolute atomic E-state index is 0.214. The Morgan fingerprint density at radius 3 is 1.79 bits per heavy atom. The molecule has 3 rings (SSSR count). The molecular weight excluding hydrogens is 370 g/mol. The highest BCUT2D eigenvalue weighted by molar-refractivity contribution is 6.01. The van der Waals surface area contributed by atoms with E-state index in [1.54, 1.807) is 60.7 Å². The number of methoxy groups -OCH3 is 2. The second-order valence-corrected chi connectivity index (χ2v) is 6.45. The van der Waals surface area contributed by atoms with Gasteiger partial charge in [-0.15, -0.1) is 0 Å². The van der Waals surface area contributed by atoms with Crippen molar-refractivity contribution in [3.05, 3.63) is 77.9 Å². The highest BCUT2D eigenvalue weighted by Gasteiger charge is 2.44. The molecule has 0 radical (unpaired) electrons. The molecule has 7 nitrogen and oxygen atoms in total. The van der Waals surface area contributed by atoms with Crippen molar-refractivity contribution in [3.8, 4) is 11.5 Å². The first-order valence-electron chi connectivity index (χ1n) is 8.87. The van der Waals surface area contributed by atoms with Crippen molar-refractivity contribution >= 4 is 23.0 Å². The van der Waals surface area contributed by atoms with Crippen LogP contribution in [-0.2, 0) is 10.4 Å². The number of hydrogen-bond acceptors (Lipinski definition) is 6. The average Bonchev–Trinajstić information content (AvgIpc) is 2.73. The Labute approximate surface area is 168 Å². The fourth-order valence-corrected chi connectivity index (χ4v) is 3.15. The van der Waals surface area contributed by atoms with E-state index >= 15 is 0 Å². The molecule has 1 amide bonds. The molecule has 29 heavy (non-hydrogen) atoms. The molecule has 150 valence electrons. The summed E-state index contributed by atoms with van der Waals surface area (Å²) in [6, 6.07) is 18.2. The third-order valence-corrected chi connectivity index (χ3v) is 4.59. The molecule has 0 spiro atoms. The van der Waals surface area contributed by atoms with E-state index in [2.05, 4.69) is 5.32 Å². The molecule has 0 fully saturated rings. The summed E-state index contributed by atoms with van der Waals surface area (Å²) in [5.74, 6) is -0.168. The maximum Gasteiger partial charge on any atom is 0.266 e. The smallest absolute Gasteiger partial charge is 0.266 e. The summed E-state index contributed by atoms with van der Waals surface area (Å²) < 4.78 is 10.8. The molecule has 7 heteroatoms. The van der Waals surface area contributed by atoms with Crippen molar-refractivity contribution in [1.82, 2.24) is 0 Å². The number of rotatable bonds is 6. The molecule has 0 aliphatic heterocycles. The number of ether oxygens (including phenoxy) is 2. The highest BCUT2D eigenvalue weighted by Crippen LogP contribution is 2.42. The van der Waals surface area contributed by atoms with E-state index in [0.29, 0.717) is 17.1 Å². The number of nitrogen functional groups attached to an aromatic ring is 2. The summed E-state index contributed by atoms with van der Waals surface area (Å²) >= 11 is 0. The van der Waals surface area contributed by atoms with Crippen molar-refractivity contribution in [1.29, 1.82) is 0 Å². The molecule has 0 heterocycles. The number of benzene rings is 3. The van der Waals surface area contributed by atoms with E-state index in [1.807, 2.05) is 6.07 Å². The maximum absolute atomic E-state index is 13.4. The van der Waals surface area contributed by atoms with E-state index in [-0.39, 0.29) is 22.6 Å². The van der Waals surface area contributed by atoms with Crippen molar-refractivity contribution in [3.63, 3.8) is 0 Å². The molecular formula is C22H23N3O4. The summed E-state index contributed by atoms with van der Waals surface area (Å²) in [4.78, 5) is 13.4. The van der Waals surface area contributed by atoms with E-state index in [4.69, 9.17) is 20.9 Å². The lowest BCUT2D eigenvalue weighted by Crippen LogP contribution is -2.42. The summed E-state index contributed by atoms with van der Waals surface area (Å²) in [6.45, 7) is 0. The maximum atomic E-state index is 13.4. The molecule has 6 N–H and O–H groups in total. The number of carbonyl (C=O) groups excluding carboxylic acids is 1. The molecule has 0 bridgehead atoms. The van der Waals surface area contributed by atoms with Gasteiger partial charge in [0.1, 0.15) is 11.5 Å². The average molecular weight is 393 g/mol. The Morgan fingerprint density at radius 1 is 0.862 bits per heavy atom. The number of anilines is 3. The van der Waals surface area contributed by atoms with Crippen LogP contribution < -0.4 is 26.3 Å². The molecule has 0 aromatic heterocycles. The number of nitrogens with two attached hydrogens (primary N) is 2. The summed E-state index contributed by atoms with van der Waals surface area (Å²) in [5.41, 5.74) is 11.4. The predicted molar refractivity (Wildman–Crippen MR) is 113 cm³/mol. The molecule has 0 saturated heterocycles. The van der Waals surface area contributed by atoms with Gasteiger partial charge in [0.15, 0.2) is 0 Å². The number of nitrogens with one attached hydrogen (secondary N) is 1. The monoisotopic (exact) mass is 393 g/mol. The quantitative estimate of drug-likeness (QED) is 0.478. The van der Waals surface area contributed by atoms with Crippen LogP contribution in [0.5, 0.6) is 11.5 Å². The number of aliphatic hydroxyl groups is 1. The zero-order chi connectivity index (χ0) is 21.0. The van der Waals surface area contributed by atoms with Gasteiger partial charge in [-0.1, -0.05) is 18.2 Å².